The van der Waals surface area contributed by atoms with Crippen molar-refractivity contribution in [1.29, 1.82) is 0 Å². The lowest BCUT2D eigenvalue weighted by Gasteiger charge is -2.10. The second-order valence-electron chi connectivity index (χ2n) is 5.71. The first kappa shape index (κ1) is 12.4. The molecule has 2 unspecified atom stereocenters. The molecule has 0 radical (unpaired) electrons. The van der Waals surface area contributed by atoms with E-state index >= 15 is 0 Å². The second kappa shape index (κ2) is 5.16. The first-order valence-corrected chi connectivity index (χ1v) is 7.31. The molecule has 1 saturated carbocycles. The molecule has 0 N–H and O–H groups in total. The Labute approximate surface area is 114 Å². The number of hydrogen-bond acceptors (Lipinski definition) is 1. The van der Waals surface area contributed by atoms with Gasteiger partial charge in [-0.1, -0.05) is 49.7 Å². The van der Waals surface area contributed by atoms with Crippen LogP contribution in [0.5, 0.6) is 0 Å². The van der Waals surface area contributed by atoms with E-state index in [0.717, 1.165) is 24.3 Å². The summed E-state index contributed by atoms with van der Waals surface area (Å²) in [5, 5.41) is 2.37. The third kappa shape index (κ3) is 2.42. The van der Waals surface area contributed by atoms with Crippen LogP contribution >= 0.6 is 0 Å². The van der Waals surface area contributed by atoms with Gasteiger partial charge in [0.25, 0.3) is 0 Å². The summed E-state index contributed by atoms with van der Waals surface area (Å²) in [5.41, 5.74) is 0.889. The van der Waals surface area contributed by atoms with E-state index in [1.165, 1.54) is 23.6 Å². The SMILES string of the molecule is CCC1CCC(C(=O)c2ccc3ccccc3c2)C1. The fourth-order valence-electron chi connectivity index (χ4n) is 3.26. The van der Waals surface area contributed by atoms with Crippen LogP contribution in [0.2, 0.25) is 0 Å². The zero-order valence-corrected chi connectivity index (χ0v) is 11.4. The van der Waals surface area contributed by atoms with Crippen LogP contribution in [-0.2, 0) is 0 Å². The van der Waals surface area contributed by atoms with Crippen molar-refractivity contribution in [2.45, 2.75) is 32.6 Å². The summed E-state index contributed by atoms with van der Waals surface area (Å²) in [6, 6.07) is 14.3. The molecule has 19 heavy (non-hydrogen) atoms. The Balaban J connectivity index is 1.85. The highest BCUT2D eigenvalue weighted by molar-refractivity contribution is 6.01. The van der Waals surface area contributed by atoms with Crippen molar-refractivity contribution in [3.63, 3.8) is 0 Å². The molecule has 1 aliphatic rings. The van der Waals surface area contributed by atoms with Crippen molar-refractivity contribution >= 4 is 16.6 Å². The summed E-state index contributed by atoms with van der Waals surface area (Å²) < 4.78 is 0. The quantitative estimate of drug-likeness (QED) is 0.714. The maximum Gasteiger partial charge on any atom is 0.165 e. The van der Waals surface area contributed by atoms with E-state index in [0.29, 0.717) is 5.78 Å². The Hall–Kier alpha value is -1.63. The van der Waals surface area contributed by atoms with Crippen LogP contribution in [0.3, 0.4) is 0 Å². The molecule has 98 valence electrons. The summed E-state index contributed by atoms with van der Waals surface area (Å²) in [4.78, 5) is 12.6. The average Bonchev–Trinajstić information content (AvgIpc) is 2.95. The molecular weight excluding hydrogens is 232 g/mol. The van der Waals surface area contributed by atoms with Crippen molar-refractivity contribution in [3.8, 4) is 0 Å². The van der Waals surface area contributed by atoms with Gasteiger partial charge in [-0.05, 0) is 42.0 Å². The van der Waals surface area contributed by atoms with Gasteiger partial charge in [0.15, 0.2) is 5.78 Å². The number of carbonyl (C=O) groups excluding carboxylic acids is 1. The molecule has 0 saturated heterocycles. The molecule has 2 aromatic carbocycles. The molecule has 1 fully saturated rings. The lowest BCUT2D eigenvalue weighted by atomic mass is 9.93. The molecule has 0 heterocycles. The largest absolute Gasteiger partial charge is 0.294 e. The minimum atomic E-state index is 0.256. The van der Waals surface area contributed by atoms with Crippen molar-refractivity contribution < 1.29 is 4.79 Å². The Morgan fingerprint density at radius 2 is 1.89 bits per heavy atom. The van der Waals surface area contributed by atoms with Gasteiger partial charge in [-0.25, -0.2) is 0 Å². The maximum absolute atomic E-state index is 12.6. The predicted molar refractivity (Wildman–Crippen MR) is 79.4 cm³/mol. The molecule has 2 aromatic rings. The molecule has 1 nitrogen and oxygen atoms in total. The van der Waals surface area contributed by atoms with Gasteiger partial charge in [0.2, 0.25) is 0 Å². The Morgan fingerprint density at radius 1 is 1.11 bits per heavy atom. The summed E-state index contributed by atoms with van der Waals surface area (Å²) in [7, 11) is 0. The standard InChI is InChI=1S/C18H20O/c1-2-13-7-8-16(11-13)18(19)17-10-9-14-5-3-4-6-15(14)12-17/h3-6,9-10,12-13,16H,2,7-8,11H2,1H3. The van der Waals surface area contributed by atoms with E-state index in [4.69, 9.17) is 0 Å². The van der Waals surface area contributed by atoms with Crippen LogP contribution in [0.1, 0.15) is 43.0 Å². The molecule has 0 bridgehead atoms. The zero-order valence-electron chi connectivity index (χ0n) is 11.4. The Morgan fingerprint density at radius 3 is 2.63 bits per heavy atom. The molecule has 1 heteroatoms. The van der Waals surface area contributed by atoms with Crippen LogP contribution in [0.4, 0.5) is 0 Å². The number of benzene rings is 2. The van der Waals surface area contributed by atoms with E-state index in [1.807, 2.05) is 18.2 Å². The second-order valence-corrected chi connectivity index (χ2v) is 5.71. The van der Waals surface area contributed by atoms with E-state index in [1.54, 1.807) is 0 Å². The van der Waals surface area contributed by atoms with Gasteiger partial charge >= 0.3 is 0 Å². The minimum absolute atomic E-state index is 0.256. The molecule has 0 aliphatic heterocycles. The van der Waals surface area contributed by atoms with Gasteiger partial charge in [-0.15, -0.1) is 0 Å². The molecule has 1 aliphatic carbocycles. The number of Topliss-reactive ketones (excluding diaryl/α,β-unsaturated/α-hetero) is 1. The van der Waals surface area contributed by atoms with Gasteiger partial charge in [0, 0.05) is 11.5 Å². The molecule has 0 amide bonds. The fraction of sp³-hybridized carbons (Fsp3) is 0.389. The Kier molecular flexibility index (Phi) is 3.37. The van der Waals surface area contributed by atoms with Gasteiger partial charge < -0.3 is 0 Å². The molecule has 2 atom stereocenters. The van der Waals surface area contributed by atoms with E-state index in [-0.39, 0.29) is 5.92 Å². The first-order chi connectivity index (χ1) is 9.28. The summed E-state index contributed by atoms with van der Waals surface area (Å²) >= 11 is 0. The van der Waals surface area contributed by atoms with Gasteiger partial charge in [-0.3, -0.25) is 4.79 Å². The van der Waals surface area contributed by atoms with E-state index < -0.39 is 0 Å². The third-order valence-corrected chi connectivity index (χ3v) is 4.52. The van der Waals surface area contributed by atoms with Crippen LogP contribution in [-0.4, -0.2) is 5.78 Å². The maximum atomic E-state index is 12.6. The normalized spacial score (nSPS) is 22.8. The number of fused-ring (bicyclic) bond motifs is 1. The molecular formula is C18H20O. The van der Waals surface area contributed by atoms with Crippen LogP contribution < -0.4 is 0 Å². The molecule has 0 spiro atoms. The van der Waals surface area contributed by atoms with Gasteiger partial charge in [0.1, 0.15) is 0 Å². The van der Waals surface area contributed by atoms with Gasteiger partial charge in [-0.2, -0.15) is 0 Å². The highest BCUT2D eigenvalue weighted by Crippen LogP contribution is 2.35. The number of hydrogen-bond donors (Lipinski definition) is 0. The lowest BCUT2D eigenvalue weighted by molar-refractivity contribution is 0.0920. The lowest BCUT2D eigenvalue weighted by Crippen LogP contribution is -2.11. The average molecular weight is 252 g/mol. The summed E-state index contributed by atoms with van der Waals surface area (Å²) in [5.74, 6) is 1.36. The van der Waals surface area contributed by atoms with Crippen LogP contribution in [0.25, 0.3) is 10.8 Å². The third-order valence-electron chi connectivity index (χ3n) is 4.52. The smallest absolute Gasteiger partial charge is 0.165 e. The Bertz CT molecular complexity index is 599. The zero-order chi connectivity index (χ0) is 13.2. The van der Waals surface area contributed by atoms with Crippen molar-refractivity contribution in [1.82, 2.24) is 0 Å². The number of carbonyl (C=O) groups is 1. The summed E-state index contributed by atoms with van der Waals surface area (Å²) in [6.45, 7) is 2.23. The highest BCUT2D eigenvalue weighted by Gasteiger charge is 2.29. The van der Waals surface area contributed by atoms with Crippen molar-refractivity contribution in [2.75, 3.05) is 0 Å². The highest BCUT2D eigenvalue weighted by atomic mass is 16.1. The van der Waals surface area contributed by atoms with Gasteiger partial charge in [0.05, 0.1) is 0 Å². The van der Waals surface area contributed by atoms with Crippen molar-refractivity contribution in [3.05, 3.63) is 48.0 Å². The van der Waals surface area contributed by atoms with Crippen molar-refractivity contribution in [2.24, 2.45) is 11.8 Å². The summed E-state index contributed by atoms with van der Waals surface area (Å²) in [6.07, 6.45) is 4.59. The number of rotatable bonds is 3. The van der Waals surface area contributed by atoms with E-state index in [2.05, 4.69) is 31.2 Å². The van der Waals surface area contributed by atoms with Crippen LogP contribution in [0, 0.1) is 11.8 Å². The monoisotopic (exact) mass is 252 g/mol. The fourth-order valence-corrected chi connectivity index (χ4v) is 3.26. The molecule has 3 rings (SSSR count). The predicted octanol–water partition coefficient (Wildman–Crippen LogP) is 4.85. The van der Waals surface area contributed by atoms with E-state index in [9.17, 15) is 4.79 Å². The first-order valence-electron chi connectivity index (χ1n) is 7.31. The number of ketones is 1. The van der Waals surface area contributed by atoms with Crippen LogP contribution in [0.15, 0.2) is 42.5 Å². The minimum Gasteiger partial charge on any atom is -0.294 e. The topological polar surface area (TPSA) is 17.1 Å². The molecule has 0 aromatic heterocycles.